The molecule has 3 heterocycles. The zero-order valence-corrected chi connectivity index (χ0v) is 21.3. The molecule has 2 saturated heterocycles. The molecule has 0 aliphatic carbocycles. The number of ether oxygens (including phenoxy) is 1. The number of hydrogen-bond donors (Lipinski definition) is 1. The van der Waals surface area contributed by atoms with Crippen molar-refractivity contribution in [2.24, 2.45) is 4.99 Å². The number of nitrogens with zero attached hydrogens (tertiary/aromatic N) is 6. The maximum atomic E-state index is 5.28. The Morgan fingerprint density at radius 2 is 1.81 bits per heavy atom. The van der Waals surface area contributed by atoms with Gasteiger partial charge in [0.15, 0.2) is 5.96 Å². The first kappa shape index (κ1) is 24.5. The molecule has 1 aromatic carbocycles. The molecule has 1 aromatic heterocycles. The summed E-state index contributed by atoms with van der Waals surface area (Å²) in [5.41, 5.74) is 1.37. The number of aliphatic imine (C=N–C) groups is 1. The first-order valence-corrected chi connectivity index (χ1v) is 11.1. The van der Waals surface area contributed by atoms with Gasteiger partial charge in [-0.3, -0.25) is 9.89 Å². The summed E-state index contributed by atoms with van der Waals surface area (Å²) in [7, 11) is 3.58. The lowest BCUT2D eigenvalue weighted by molar-refractivity contribution is 0.259. The molecule has 174 valence electrons. The predicted molar refractivity (Wildman–Crippen MR) is 139 cm³/mol. The summed E-state index contributed by atoms with van der Waals surface area (Å²) in [4.78, 5) is 20.4. The van der Waals surface area contributed by atoms with Gasteiger partial charge in [-0.2, -0.15) is 0 Å². The Morgan fingerprint density at radius 3 is 2.47 bits per heavy atom. The minimum Gasteiger partial charge on any atom is -0.497 e. The number of halogens is 1. The average Bonchev–Trinajstić information content (AvgIpc) is 3.33. The first-order valence-electron chi connectivity index (χ1n) is 11.1. The first-order chi connectivity index (χ1) is 15.3. The van der Waals surface area contributed by atoms with E-state index < -0.39 is 0 Å². The largest absolute Gasteiger partial charge is 0.497 e. The Kier molecular flexibility index (Phi) is 9.34. The molecule has 8 nitrogen and oxygen atoms in total. The summed E-state index contributed by atoms with van der Waals surface area (Å²) in [6.45, 7) is 7.94. The highest BCUT2D eigenvalue weighted by Crippen LogP contribution is 2.28. The van der Waals surface area contributed by atoms with E-state index in [1.165, 1.54) is 5.56 Å². The number of hydrogen-bond acceptors (Lipinski definition) is 6. The lowest BCUT2D eigenvalue weighted by atomic mass is 9.98. The molecule has 2 fully saturated rings. The van der Waals surface area contributed by atoms with E-state index >= 15 is 0 Å². The summed E-state index contributed by atoms with van der Waals surface area (Å²) >= 11 is 0. The second-order valence-corrected chi connectivity index (χ2v) is 8.06. The van der Waals surface area contributed by atoms with E-state index in [1.54, 1.807) is 7.11 Å². The highest BCUT2D eigenvalue weighted by atomic mass is 127. The number of benzene rings is 1. The zero-order chi connectivity index (χ0) is 21.5. The van der Waals surface area contributed by atoms with Gasteiger partial charge >= 0.3 is 0 Å². The second kappa shape index (κ2) is 12.2. The van der Waals surface area contributed by atoms with E-state index in [0.29, 0.717) is 5.92 Å². The molecule has 4 rings (SSSR count). The molecule has 1 N–H and O–H groups in total. The molecule has 0 saturated carbocycles. The van der Waals surface area contributed by atoms with Gasteiger partial charge in [-0.15, -0.1) is 24.0 Å². The molecule has 1 atom stereocenters. The maximum absolute atomic E-state index is 5.28. The van der Waals surface area contributed by atoms with Crippen LogP contribution in [-0.4, -0.2) is 92.2 Å². The highest BCUT2D eigenvalue weighted by Gasteiger charge is 2.26. The summed E-state index contributed by atoms with van der Waals surface area (Å²) in [5, 5.41) is 3.57. The molecule has 0 spiro atoms. The van der Waals surface area contributed by atoms with Gasteiger partial charge < -0.3 is 19.9 Å². The fraction of sp³-hybridized carbons (Fsp3) is 0.522. The smallest absolute Gasteiger partial charge is 0.225 e. The standard InChI is InChI=1S/C23H33N7O.HI/c1-24-22(30-12-8-20(18-30)19-4-6-21(31-2)7-5-19)27-11-13-28-14-16-29(17-15-28)23-25-9-3-10-26-23;/h3-7,9-10,20H,8,11-18H2,1-2H3,(H,24,27);1H. The van der Waals surface area contributed by atoms with Crippen LogP contribution in [0.4, 0.5) is 5.95 Å². The summed E-state index contributed by atoms with van der Waals surface area (Å²) < 4.78 is 5.28. The lowest BCUT2D eigenvalue weighted by Crippen LogP contribution is -2.50. The number of anilines is 1. The topological polar surface area (TPSA) is 69.1 Å². The van der Waals surface area contributed by atoms with Crippen molar-refractivity contribution in [1.29, 1.82) is 0 Å². The Balaban J connectivity index is 0.00000289. The van der Waals surface area contributed by atoms with Crippen LogP contribution < -0.4 is 15.0 Å². The van der Waals surface area contributed by atoms with Crippen molar-refractivity contribution in [2.75, 3.05) is 71.4 Å². The van der Waals surface area contributed by atoms with E-state index in [1.807, 2.05) is 25.5 Å². The zero-order valence-electron chi connectivity index (χ0n) is 19.0. The molecule has 2 aromatic rings. The van der Waals surface area contributed by atoms with E-state index in [9.17, 15) is 0 Å². The molecular weight excluding hydrogens is 517 g/mol. The third-order valence-electron chi connectivity index (χ3n) is 6.21. The molecule has 2 aliphatic rings. The van der Waals surface area contributed by atoms with Crippen molar-refractivity contribution < 1.29 is 4.74 Å². The number of guanidine groups is 1. The third kappa shape index (κ3) is 6.22. The lowest BCUT2D eigenvalue weighted by Gasteiger charge is -2.34. The molecule has 0 bridgehead atoms. The van der Waals surface area contributed by atoms with Crippen LogP contribution in [0.15, 0.2) is 47.7 Å². The number of aromatic nitrogens is 2. The Labute approximate surface area is 208 Å². The van der Waals surface area contributed by atoms with Gasteiger partial charge in [-0.1, -0.05) is 12.1 Å². The van der Waals surface area contributed by atoms with Gasteiger partial charge in [-0.25, -0.2) is 9.97 Å². The van der Waals surface area contributed by atoms with Crippen LogP contribution in [0.2, 0.25) is 0 Å². The van der Waals surface area contributed by atoms with Crippen LogP contribution in [0.25, 0.3) is 0 Å². The van der Waals surface area contributed by atoms with Crippen molar-refractivity contribution in [1.82, 2.24) is 25.1 Å². The Bertz CT molecular complexity index is 841. The average molecular weight is 551 g/mol. The van der Waals surface area contributed by atoms with Crippen LogP contribution in [0, 0.1) is 0 Å². The highest BCUT2D eigenvalue weighted by molar-refractivity contribution is 14.0. The molecule has 0 amide bonds. The normalized spacial score (nSPS) is 19.6. The molecule has 9 heteroatoms. The number of nitrogens with one attached hydrogen (secondary N) is 1. The molecule has 32 heavy (non-hydrogen) atoms. The number of methoxy groups -OCH3 is 1. The van der Waals surface area contributed by atoms with Gasteiger partial charge in [0.1, 0.15) is 5.75 Å². The van der Waals surface area contributed by atoms with Gasteiger partial charge in [0.05, 0.1) is 7.11 Å². The molecule has 2 aliphatic heterocycles. The van der Waals surface area contributed by atoms with Crippen molar-refractivity contribution in [3.63, 3.8) is 0 Å². The van der Waals surface area contributed by atoms with Gasteiger partial charge in [0.25, 0.3) is 0 Å². The Morgan fingerprint density at radius 1 is 1.09 bits per heavy atom. The van der Waals surface area contributed by atoms with Gasteiger partial charge in [0, 0.05) is 77.7 Å². The Hall–Kier alpha value is -2.14. The van der Waals surface area contributed by atoms with Crippen LogP contribution in [-0.2, 0) is 0 Å². The minimum atomic E-state index is 0. The molecular formula is C23H34IN7O. The van der Waals surface area contributed by atoms with Gasteiger partial charge in [-0.05, 0) is 30.2 Å². The van der Waals surface area contributed by atoms with Crippen molar-refractivity contribution in [3.8, 4) is 5.75 Å². The van der Waals surface area contributed by atoms with E-state index in [-0.39, 0.29) is 24.0 Å². The van der Waals surface area contributed by atoms with E-state index in [0.717, 1.165) is 76.4 Å². The maximum Gasteiger partial charge on any atom is 0.225 e. The second-order valence-electron chi connectivity index (χ2n) is 8.06. The van der Waals surface area contributed by atoms with Crippen molar-refractivity contribution in [3.05, 3.63) is 48.3 Å². The SMILES string of the molecule is CN=C(NCCN1CCN(c2ncccn2)CC1)N1CCC(c2ccc(OC)cc2)C1.I. The van der Waals surface area contributed by atoms with E-state index in [2.05, 4.69) is 59.2 Å². The minimum absolute atomic E-state index is 0. The van der Waals surface area contributed by atoms with Crippen LogP contribution in [0.1, 0.15) is 17.9 Å². The van der Waals surface area contributed by atoms with Crippen molar-refractivity contribution >= 4 is 35.9 Å². The van der Waals surface area contributed by atoms with Crippen LogP contribution in [0.5, 0.6) is 5.75 Å². The quantitative estimate of drug-likeness (QED) is 0.336. The summed E-state index contributed by atoms with van der Waals surface area (Å²) in [5.74, 6) is 3.29. The number of likely N-dealkylation sites (tertiary alicyclic amines) is 1. The fourth-order valence-corrected chi connectivity index (χ4v) is 4.38. The summed E-state index contributed by atoms with van der Waals surface area (Å²) in [6, 6.07) is 10.3. The van der Waals surface area contributed by atoms with Crippen LogP contribution >= 0.6 is 24.0 Å². The predicted octanol–water partition coefficient (Wildman–Crippen LogP) is 2.29. The molecule has 1 unspecified atom stereocenters. The monoisotopic (exact) mass is 551 g/mol. The molecule has 0 radical (unpaired) electrons. The summed E-state index contributed by atoms with van der Waals surface area (Å²) in [6.07, 6.45) is 4.76. The number of rotatable bonds is 6. The number of piperazine rings is 1. The van der Waals surface area contributed by atoms with Crippen molar-refractivity contribution in [2.45, 2.75) is 12.3 Å². The fourth-order valence-electron chi connectivity index (χ4n) is 4.38. The van der Waals surface area contributed by atoms with E-state index in [4.69, 9.17) is 4.74 Å². The van der Waals surface area contributed by atoms with Crippen LogP contribution in [0.3, 0.4) is 0 Å². The van der Waals surface area contributed by atoms with Gasteiger partial charge in [0.2, 0.25) is 5.95 Å². The third-order valence-corrected chi connectivity index (χ3v) is 6.21.